The van der Waals surface area contributed by atoms with E-state index >= 15 is 0 Å². The number of nitrogens with zero attached hydrogens (tertiary/aromatic N) is 2. The van der Waals surface area contributed by atoms with Crippen LogP contribution in [-0.2, 0) is 6.54 Å². The Labute approximate surface area is 97.9 Å². The van der Waals surface area contributed by atoms with Crippen LogP contribution in [0.1, 0.15) is 25.3 Å². The first-order valence-corrected chi connectivity index (χ1v) is 6.23. The minimum atomic E-state index is 0.707. The smallest absolute Gasteiger partial charge is 0.0312 e. The van der Waals surface area contributed by atoms with E-state index in [1.165, 1.54) is 24.9 Å². The summed E-state index contributed by atoms with van der Waals surface area (Å²) < 4.78 is 0. The average molecular weight is 219 g/mol. The molecule has 0 spiro atoms. The van der Waals surface area contributed by atoms with Gasteiger partial charge in [0.15, 0.2) is 0 Å². The lowest BCUT2D eigenvalue weighted by Gasteiger charge is -2.19. The number of hydrogen-bond donors (Lipinski definition) is 1. The minimum Gasteiger partial charge on any atom is -0.313 e. The second-order valence-electron chi connectivity index (χ2n) is 4.49. The molecule has 1 N–H and O–H groups in total. The van der Waals surface area contributed by atoms with E-state index in [0.717, 1.165) is 19.6 Å². The van der Waals surface area contributed by atoms with Gasteiger partial charge in [-0.1, -0.05) is 13.0 Å². The third-order valence-corrected chi connectivity index (χ3v) is 3.28. The van der Waals surface area contributed by atoms with Gasteiger partial charge < -0.3 is 5.32 Å². The molecule has 0 bridgehead atoms. The molecule has 1 aliphatic heterocycles. The van der Waals surface area contributed by atoms with Gasteiger partial charge in [-0.3, -0.25) is 9.88 Å². The molecule has 2 rings (SSSR count). The molecule has 1 unspecified atom stereocenters. The first-order valence-electron chi connectivity index (χ1n) is 6.23. The van der Waals surface area contributed by atoms with Crippen LogP contribution in [0.4, 0.5) is 0 Å². The largest absolute Gasteiger partial charge is 0.313 e. The molecule has 88 valence electrons. The maximum absolute atomic E-state index is 4.16. The van der Waals surface area contributed by atoms with Crippen LogP contribution in [0.2, 0.25) is 0 Å². The zero-order valence-electron chi connectivity index (χ0n) is 10.0. The van der Waals surface area contributed by atoms with E-state index in [1.54, 1.807) is 0 Å². The fourth-order valence-electron chi connectivity index (χ4n) is 2.24. The van der Waals surface area contributed by atoms with Crippen molar-refractivity contribution in [3.05, 3.63) is 30.1 Å². The first kappa shape index (κ1) is 11.6. The zero-order valence-corrected chi connectivity index (χ0v) is 10.0. The van der Waals surface area contributed by atoms with E-state index in [-0.39, 0.29) is 0 Å². The van der Waals surface area contributed by atoms with E-state index in [9.17, 15) is 0 Å². The molecule has 2 heterocycles. The van der Waals surface area contributed by atoms with Crippen molar-refractivity contribution in [3.8, 4) is 0 Å². The third kappa shape index (κ3) is 3.29. The summed E-state index contributed by atoms with van der Waals surface area (Å²) in [6.45, 7) is 6.74. The van der Waals surface area contributed by atoms with E-state index in [1.807, 2.05) is 18.5 Å². The third-order valence-electron chi connectivity index (χ3n) is 3.28. The lowest BCUT2D eigenvalue weighted by atomic mass is 10.1. The second-order valence-corrected chi connectivity index (χ2v) is 4.49. The summed E-state index contributed by atoms with van der Waals surface area (Å²) >= 11 is 0. The van der Waals surface area contributed by atoms with E-state index in [4.69, 9.17) is 0 Å². The molecule has 1 aromatic rings. The Balaban J connectivity index is 1.86. The monoisotopic (exact) mass is 219 g/mol. The molecule has 0 aromatic carbocycles. The van der Waals surface area contributed by atoms with Crippen LogP contribution in [0.5, 0.6) is 0 Å². The first-order chi connectivity index (χ1) is 7.88. The summed E-state index contributed by atoms with van der Waals surface area (Å²) in [5, 5.41) is 3.59. The van der Waals surface area contributed by atoms with Crippen molar-refractivity contribution in [2.75, 3.05) is 19.6 Å². The lowest BCUT2D eigenvalue weighted by Crippen LogP contribution is -2.29. The van der Waals surface area contributed by atoms with Gasteiger partial charge in [-0.25, -0.2) is 0 Å². The van der Waals surface area contributed by atoms with Crippen LogP contribution in [0.3, 0.4) is 0 Å². The summed E-state index contributed by atoms with van der Waals surface area (Å²) in [7, 11) is 0. The molecular formula is C13H21N3. The molecule has 1 fully saturated rings. The van der Waals surface area contributed by atoms with Gasteiger partial charge in [-0.05, 0) is 24.5 Å². The van der Waals surface area contributed by atoms with E-state index < -0.39 is 0 Å². The van der Waals surface area contributed by atoms with E-state index in [0.29, 0.717) is 6.04 Å². The minimum absolute atomic E-state index is 0.707. The van der Waals surface area contributed by atoms with Crippen LogP contribution in [0.25, 0.3) is 0 Å². The summed E-state index contributed by atoms with van der Waals surface area (Å²) in [4.78, 5) is 6.68. The van der Waals surface area contributed by atoms with Crippen molar-refractivity contribution in [3.63, 3.8) is 0 Å². The molecule has 1 saturated heterocycles. The van der Waals surface area contributed by atoms with Gasteiger partial charge in [-0.15, -0.1) is 0 Å². The number of nitrogens with one attached hydrogen (secondary N) is 1. The van der Waals surface area contributed by atoms with Gasteiger partial charge in [0.2, 0.25) is 0 Å². The van der Waals surface area contributed by atoms with Crippen molar-refractivity contribution in [2.45, 2.75) is 32.4 Å². The van der Waals surface area contributed by atoms with Crippen LogP contribution < -0.4 is 5.32 Å². The SMILES string of the molecule is CCC1CCN(Cc2cccnc2)CCN1. The molecular weight excluding hydrogens is 198 g/mol. The molecule has 0 saturated carbocycles. The van der Waals surface area contributed by atoms with Gasteiger partial charge >= 0.3 is 0 Å². The van der Waals surface area contributed by atoms with Gasteiger partial charge in [-0.2, -0.15) is 0 Å². The van der Waals surface area contributed by atoms with Gasteiger partial charge in [0.05, 0.1) is 0 Å². The molecule has 1 aromatic heterocycles. The van der Waals surface area contributed by atoms with Crippen molar-refractivity contribution in [2.24, 2.45) is 0 Å². The Hall–Kier alpha value is -0.930. The predicted molar refractivity (Wildman–Crippen MR) is 66.2 cm³/mol. The standard InChI is InChI=1S/C13H21N3/c1-2-13-5-8-16(9-7-15-13)11-12-4-3-6-14-10-12/h3-4,6,10,13,15H,2,5,7-9,11H2,1H3. The number of rotatable bonds is 3. The van der Waals surface area contributed by atoms with Crippen molar-refractivity contribution < 1.29 is 0 Å². The molecule has 16 heavy (non-hydrogen) atoms. The Morgan fingerprint density at radius 2 is 2.44 bits per heavy atom. The van der Waals surface area contributed by atoms with Crippen LogP contribution in [0, 0.1) is 0 Å². The highest BCUT2D eigenvalue weighted by Gasteiger charge is 2.14. The van der Waals surface area contributed by atoms with Crippen LogP contribution in [-0.4, -0.2) is 35.6 Å². The van der Waals surface area contributed by atoms with Crippen LogP contribution >= 0.6 is 0 Å². The Morgan fingerprint density at radius 1 is 1.50 bits per heavy atom. The maximum Gasteiger partial charge on any atom is 0.0312 e. The number of aromatic nitrogens is 1. The van der Waals surface area contributed by atoms with Crippen molar-refractivity contribution >= 4 is 0 Å². The van der Waals surface area contributed by atoms with Gasteiger partial charge in [0, 0.05) is 44.6 Å². The normalized spacial score (nSPS) is 22.9. The topological polar surface area (TPSA) is 28.2 Å². The summed E-state index contributed by atoms with van der Waals surface area (Å²) in [6, 6.07) is 4.88. The van der Waals surface area contributed by atoms with E-state index in [2.05, 4.69) is 28.2 Å². The highest BCUT2D eigenvalue weighted by molar-refractivity contribution is 5.08. The fourth-order valence-corrected chi connectivity index (χ4v) is 2.24. The predicted octanol–water partition coefficient (Wildman–Crippen LogP) is 1.66. The highest BCUT2D eigenvalue weighted by Crippen LogP contribution is 2.08. The quantitative estimate of drug-likeness (QED) is 0.838. The van der Waals surface area contributed by atoms with Gasteiger partial charge in [0.25, 0.3) is 0 Å². The molecule has 3 nitrogen and oxygen atoms in total. The summed E-state index contributed by atoms with van der Waals surface area (Å²) in [6.07, 6.45) is 6.30. The Kier molecular flexibility index (Phi) is 4.31. The zero-order chi connectivity index (χ0) is 11.2. The molecule has 1 atom stereocenters. The number of pyridine rings is 1. The van der Waals surface area contributed by atoms with Gasteiger partial charge in [0.1, 0.15) is 0 Å². The summed E-state index contributed by atoms with van der Waals surface area (Å²) in [5.41, 5.74) is 1.32. The molecule has 0 aliphatic carbocycles. The second kappa shape index (κ2) is 5.97. The highest BCUT2D eigenvalue weighted by atomic mass is 15.2. The van der Waals surface area contributed by atoms with Crippen molar-refractivity contribution in [1.82, 2.24) is 15.2 Å². The number of hydrogen-bond acceptors (Lipinski definition) is 3. The Morgan fingerprint density at radius 3 is 3.19 bits per heavy atom. The maximum atomic E-state index is 4.16. The molecule has 1 aliphatic rings. The lowest BCUT2D eigenvalue weighted by molar-refractivity contribution is 0.281. The van der Waals surface area contributed by atoms with Crippen molar-refractivity contribution in [1.29, 1.82) is 0 Å². The van der Waals surface area contributed by atoms with Crippen LogP contribution in [0.15, 0.2) is 24.5 Å². The fraction of sp³-hybridized carbons (Fsp3) is 0.615. The molecule has 0 radical (unpaired) electrons. The molecule has 3 heteroatoms. The summed E-state index contributed by atoms with van der Waals surface area (Å²) in [5.74, 6) is 0. The average Bonchev–Trinajstić information content (AvgIpc) is 2.56. The molecule has 0 amide bonds. The Bertz CT molecular complexity index is 299.